The summed E-state index contributed by atoms with van der Waals surface area (Å²) < 4.78 is 6.65. The number of halogens is 1. The quantitative estimate of drug-likeness (QED) is 0.386. The third-order valence-corrected chi connectivity index (χ3v) is 7.15. The lowest BCUT2D eigenvalue weighted by Crippen LogP contribution is -2.34. The predicted octanol–water partition coefficient (Wildman–Crippen LogP) is 4.42. The first-order chi connectivity index (χ1) is 17.9. The number of benzene rings is 2. The monoisotopic (exact) mass is 518 g/mol. The summed E-state index contributed by atoms with van der Waals surface area (Å²) in [5.74, 6) is 0.0748. The smallest absolute Gasteiger partial charge is 0.341 e. The molecule has 1 fully saturated rings. The molecule has 0 radical (unpaired) electrons. The summed E-state index contributed by atoms with van der Waals surface area (Å²) >= 11 is 6.48. The first kappa shape index (κ1) is 24.8. The van der Waals surface area contributed by atoms with Gasteiger partial charge in [0.2, 0.25) is 5.95 Å². The second-order valence-electron chi connectivity index (χ2n) is 9.26. The van der Waals surface area contributed by atoms with Crippen molar-refractivity contribution in [3.63, 3.8) is 0 Å². The average Bonchev–Trinajstić information content (AvgIpc) is 2.91. The van der Waals surface area contributed by atoms with Gasteiger partial charge in [0, 0.05) is 31.9 Å². The largest absolute Gasteiger partial charge is 0.479 e. The van der Waals surface area contributed by atoms with Gasteiger partial charge < -0.3 is 19.3 Å². The van der Waals surface area contributed by atoms with E-state index >= 15 is 0 Å². The summed E-state index contributed by atoms with van der Waals surface area (Å²) in [6, 6.07) is 17.9. The second-order valence-corrected chi connectivity index (χ2v) is 9.67. The number of nitrogens with zero attached hydrogens (tertiary/aromatic N) is 4. The molecular weight excluding hydrogens is 492 g/mol. The zero-order chi connectivity index (χ0) is 25.9. The number of hydrogen-bond acceptors (Lipinski definition) is 6. The van der Waals surface area contributed by atoms with Crippen molar-refractivity contribution >= 4 is 34.4 Å². The van der Waals surface area contributed by atoms with Crippen LogP contribution in [0.2, 0.25) is 5.02 Å². The summed E-state index contributed by atoms with van der Waals surface area (Å²) in [5, 5.41) is 10.2. The van der Waals surface area contributed by atoms with Gasteiger partial charge in [-0.15, -0.1) is 0 Å². The van der Waals surface area contributed by atoms with E-state index in [4.69, 9.17) is 26.4 Å². The molecule has 8 nitrogen and oxygen atoms in total. The Morgan fingerprint density at radius 1 is 1.14 bits per heavy atom. The Balaban J connectivity index is 1.35. The zero-order valence-electron chi connectivity index (χ0n) is 20.4. The summed E-state index contributed by atoms with van der Waals surface area (Å²) in [7, 11) is 1.63. The van der Waals surface area contributed by atoms with Crippen LogP contribution in [0.4, 0.5) is 5.95 Å². The maximum atomic E-state index is 12.5. The van der Waals surface area contributed by atoms with Gasteiger partial charge in [0.05, 0.1) is 22.4 Å². The fourth-order valence-electron chi connectivity index (χ4n) is 4.86. The first-order valence-electron chi connectivity index (χ1n) is 12.2. The van der Waals surface area contributed by atoms with Crippen LogP contribution in [0.25, 0.3) is 10.9 Å². The van der Waals surface area contributed by atoms with Crippen LogP contribution < -0.4 is 15.2 Å². The van der Waals surface area contributed by atoms with E-state index in [0.29, 0.717) is 28.8 Å². The van der Waals surface area contributed by atoms with Crippen molar-refractivity contribution in [1.82, 2.24) is 14.5 Å². The fourth-order valence-corrected chi connectivity index (χ4v) is 5.01. The molecule has 1 aliphatic heterocycles. The van der Waals surface area contributed by atoms with Crippen molar-refractivity contribution < 1.29 is 14.6 Å². The molecule has 3 heterocycles. The average molecular weight is 519 g/mol. The first-order valence-corrected chi connectivity index (χ1v) is 12.6. The normalized spacial score (nSPS) is 14.2. The van der Waals surface area contributed by atoms with Crippen LogP contribution in [0.3, 0.4) is 0 Å². The van der Waals surface area contributed by atoms with E-state index in [9.17, 15) is 9.59 Å². The Kier molecular flexibility index (Phi) is 7.10. The summed E-state index contributed by atoms with van der Waals surface area (Å²) in [6.07, 6.45) is 4.23. The van der Waals surface area contributed by atoms with Gasteiger partial charge in [0.1, 0.15) is 0 Å². The molecule has 0 saturated carbocycles. The van der Waals surface area contributed by atoms with E-state index in [1.54, 1.807) is 19.3 Å². The highest BCUT2D eigenvalue weighted by atomic mass is 35.5. The summed E-state index contributed by atoms with van der Waals surface area (Å²) in [5.41, 5.74) is 3.38. The van der Waals surface area contributed by atoms with Gasteiger partial charge in [0.25, 0.3) is 5.56 Å². The molecule has 0 amide bonds. The molecule has 0 bridgehead atoms. The van der Waals surface area contributed by atoms with Crippen LogP contribution in [0.15, 0.2) is 65.6 Å². The standard InChI is InChI=1S/C28H27ClN4O4/c1-32-24-8-7-18(13-21(24)15-25(27(32)36)37-17-26(34)35)14-23-22(29)16-30-28(31-23)33-11-9-20(10-12-33)19-5-3-2-4-6-19/h2-8,13,15-16,20H,9-12,14,17H2,1H3,(H,34,35). The number of pyridine rings is 1. The Hall–Kier alpha value is -3.91. The number of hydrogen-bond donors (Lipinski definition) is 1. The van der Waals surface area contributed by atoms with Crippen LogP contribution in [0.5, 0.6) is 5.75 Å². The SMILES string of the molecule is Cn1c(=O)c(OCC(=O)O)cc2cc(Cc3nc(N4CCC(c5ccccc5)CC4)ncc3Cl)ccc21. The highest BCUT2D eigenvalue weighted by molar-refractivity contribution is 6.31. The Labute approximate surface area is 219 Å². The molecule has 5 rings (SSSR count). The van der Waals surface area contributed by atoms with Gasteiger partial charge in [-0.1, -0.05) is 48.0 Å². The Bertz CT molecular complexity index is 1500. The number of carboxylic acids is 1. The van der Waals surface area contributed by atoms with Gasteiger partial charge in [0.15, 0.2) is 12.4 Å². The highest BCUT2D eigenvalue weighted by Crippen LogP contribution is 2.30. The second kappa shape index (κ2) is 10.6. The minimum atomic E-state index is -1.14. The molecule has 1 aliphatic rings. The molecule has 0 unspecified atom stereocenters. The van der Waals surface area contributed by atoms with E-state index in [2.05, 4.69) is 34.1 Å². The number of aliphatic carboxylic acids is 1. The lowest BCUT2D eigenvalue weighted by Gasteiger charge is -2.32. The molecule has 0 spiro atoms. The Morgan fingerprint density at radius 2 is 1.89 bits per heavy atom. The number of anilines is 1. The van der Waals surface area contributed by atoms with Gasteiger partial charge in [-0.05, 0) is 48.1 Å². The van der Waals surface area contributed by atoms with E-state index in [0.717, 1.165) is 42.6 Å². The lowest BCUT2D eigenvalue weighted by atomic mass is 9.90. The van der Waals surface area contributed by atoms with Crippen molar-refractivity contribution in [2.24, 2.45) is 7.05 Å². The van der Waals surface area contributed by atoms with Gasteiger partial charge in [-0.25, -0.2) is 14.8 Å². The molecule has 2 aromatic heterocycles. The minimum Gasteiger partial charge on any atom is -0.479 e. The number of rotatable bonds is 7. The van der Waals surface area contributed by atoms with Crippen molar-refractivity contribution in [2.45, 2.75) is 25.2 Å². The summed E-state index contributed by atoms with van der Waals surface area (Å²) in [6.45, 7) is 1.18. The fraction of sp³-hybridized carbons (Fsp3) is 0.286. The molecule has 2 aromatic carbocycles. The molecule has 1 saturated heterocycles. The van der Waals surface area contributed by atoms with Crippen LogP contribution in [0, 0.1) is 0 Å². The van der Waals surface area contributed by atoms with Crippen molar-refractivity contribution in [2.75, 3.05) is 24.6 Å². The predicted molar refractivity (Wildman–Crippen MR) is 143 cm³/mol. The number of ether oxygens (including phenoxy) is 1. The van der Waals surface area contributed by atoms with Crippen LogP contribution in [0.1, 0.15) is 35.6 Å². The topological polar surface area (TPSA) is 97.5 Å². The number of aryl methyl sites for hydroxylation is 1. The third-order valence-electron chi connectivity index (χ3n) is 6.83. The molecule has 9 heteroatoms. The van der Waals surface area contributed by atoms with E-state index in [1.807, 2.05) is 24.3 Å². The van der Waals surface area contributed by atoms with Crippen LogP contribution >= 0.6 is 11.6 Å². The summed E-state index contributed by atoms with van der Waals surface area (Å²) in [4.78, 5) is 34.9. The van der Waals surface area contributed by atoms with E-state index in [1.165, 1.54) is 10.1 Å². The highest BCUT2D eigenvalue weighted by Gasteiger charge is 2.23. The van der Waals surface area contributed by atoms with Crippen molar-refractivity contribution in [3.05, 3.63) is 93.0 Å². The van der Waals surface area contributed by atoms with Crippen molar-refractivity contribution in [3.8, 4) is 5.75 Å². The number of carboxylic acid groups (broad SMARTS) is 1. The number of aromatic nitrogens is 3. The zero-order valence-corrected chi connectivity index (χ0v) is 21.2. The lowest BCUT2D eigenvalue weighted by molar-refractivity contribution is -0.139. The molecular formula is C28H27ClN4O4. The van der Waals surface area contributed by atoms with Gasteiger partial charge in [-0.3, -0.25) is 4.79 Å². The maximum Gasteiger partial charge on any atom is 0.341 e. The Morgan fingerprint density at radius 3 is 2.62 bits per heavy atom. The molecule has 0 atom stereocenters. The minimum absolute atomic E-state index is 0.00388. The van der Waals surface area contributed by atoms with Crippen LogP contribution in [-0.4, -0.2) is 45.3 Å². The number of carbonyl (C=O) groups is 1. The maximum absolute atomic E-state index is 12.5. The third kappa shape index (κ3) is 5.44. The van der Waals surface area contributed by atoms with E-state index < -0.39 is 12.6 Å². The van der Waals surface area contributed by atoms with Gasteiger partial charge in [-0.2, -0.15) is 0 Å². The molecule has 1 N–H and O–H groups in total. The van der Waals surface area contributed by atoms with Crippen molar-refractivity contribution in [1.29, 1.82) is 0 Å². The molecule has 190 valence electrons. The molecule has 4 aromatic rings. The number of fused-ring (bicyclic) bond motifs is 1. The van der Waals surface area contributed by atoms with Crippen LogP contribution in [-0.2, 0) is 18.3 Å². The van der Waals surface area contributed by atoms with E-state index in [-0.39, 0.29) is 11.3 Å². The molecule has 37 heavy (non-hydrogen) atoms. The molecule has 0 aliphatic carbocycles. The van der Waals surface area contributed by atoms with Gasteiger partial charge >= 0.3 is 5.97 Å². The number of piperidine rings is 1.